The number of nitrogens with zero attached hydrogens (tertiary/aromatic N) is 3. The maximum atomic E-state index is 6.76. The lowest BCUT2D eigenvalue weighted by Crippen LogP contribution is -2.33. The van der Waals surface area contributed by atoms with Crippen LogP contribution < -0.4 is 5.32 Å². The Morgan fingerprint density at radius 2 is 1.44 bits per heavy atom. The molecule has 0 saturated heterocycles. The van der Waals surface area contributed by atoms with Crippen LogP contribution in [0.5, 0.6) is 0 Å². The third-order valence-electron chi connectivity index (χ3n) is 11.5. The smallest absolute Gasteiger partial charge is 0.159 e. The van der Waals surface area contributed by atoms with Crippen LogP contribution in [0.4, 0.5) is 0 Å². The van der Waals surface area contributed by atoms with E-state index < -0.39 is 0 Å². The minimum atomic E-state index is -0.264. The molecule has 0 bridgehead atoms. The summed E-state index contributed by atoms with van der Waals surface area (Å²) < 4.78 is 11.7. The molecule has 0 fully saturated rings. The van der Waals surface area contributed by atoms with E-state index in [4.69, 9.17) is 14.4 Å². The number of furan rings is 1. The van der Waals surface area contributed by atoms with Gasteiger partial charge in [0.15, 0.2) is 5.84 Å². The summed E-state index contributed by atoms with van der Waals surface area (Å²) in [4.78, 5) is 10.1. The van der Waals surface area contributed by atoms with E-state index in [1.165, 1.54) is 53.6 Å². The van der Waals surface area contributed by atoms with E-state index in [0.717, 1.165) is 62.9 Å². The zero-order valence-corrected chi connectivity index (χ0v) is 31.6. The van der Waals surface area contributed by atoms with Crippen molar-refractivity contribution in [3.63, 3.8) is 0 Å². The Balaban J connectivity index is 0.969. The van der Waals surface area contributed by atoms with Gasteiger partial charge in [-0.3, -0.25) is 0 Å². The predicted molar refractivity (Wildman–Crippen MR) is 238 cm³/mol. The van der Waals surface area contributed by atoms with Gasteiger partial charge >= 0.3 is 0 Å². The highest BCUT2D eigenvalue weighted by Crippen LogP contribution is 2.45. The number of fused-ring (bicyclic) bond motifs is 9. The molecule has 1 aliphatic heterocycles. The number of amidine groups is 2. The Morgan fingerprint density at radius 1 is 0.649 bits per heavy atom. The molecular weight excluding hydrogens is 717 g/mol. The maximum Gasteiger partial charge on any atom is 0.159 e. The molecule has 6 heteroatoms. The molecule has 4 heterocycles. The highest BCUT2D eigenvalue weighted by Gasteiger charge is 2.23. The fraction of sp³-hybridized carbons (Fsp3) is 0.0588. The number of aliphatic imine (C=N–C) groups is 2. The average Bonchev–Trinajstić information content (AvgIpc) is 3.96. The van der Waals surface area contributed by atoms with Crippen molar-refractivity contribution in [2.45, 2.75) is 19.0 Å². The van der Waals surface area contributed by atoms with Gasteiger partial charge in [0.05, 0.1) is 5.52 Å². The molecular formula is C51H34N4OS. The molecule has 57 heavy (non-hydrogen) atoms. The molecule has 1 aliphatic carbocycles. The summed E-state index contributed by atoms with van der Waals surface area (Å²) in [5.41, 5.74) is 12.3. The molecule has 10 aromatic rings. The van der Waals surface area contributed by atoms with Crippen LogP contribution in [-0.4, -0.2) is 16.2 Å². The van der Waals surface area contributed by atoms with Gasteiger partial charge < -0.3 is 14.3 Å². The quantitative estimate of drug-likeness (QED) is 0.190. The van der Waals surface area contributed by atoms with Crippen molar-refractivity contribution in [2.75, 3.05) is 0 Å². The first kappa shape index (κ1) is 32.2. The van der Waals surface area contributed by atoms with E-state index in [-0.39, 0.29) is 6.17 Å². The Bertz CT molecular complexity index is 3330. The minimum Gasteiger partial charge on any atom is -0.455 e. The van der Waals surface area contributed by atoms with Crippen molar-refractivity contribution < 1.29 is 4.42 Å². The maximum absolute atomic E-state index is 6.76. The van der Waals surface area contributed by atoms with Crippen molar-refractivity contribution >= 4 is 82.1 Å². The Kier molecular flexibility index (Phi) is 7.22. The van der Waals surface area contributed by atoms with E-state index in [0.29, 0.717) is 5.84 Å². The largest absolute Gasteiger partial charge is 0.455 e. The average molecular weight is 751 g/mol. The second-order valence-electron chi connectivity index (χ2n) is 14.9. The van der Waals surface area contributed by atoms with E-state index in [1.807, 2.05) is 47.7 Å². The summed E-state index contributed by atoms with van der Waals surface area (Å²) in [6.07, 6.45) is 6.51. The second kappa shape index (κ2) is 12.8. The van der Waals surface area contributed by atoms with Crippen LogP contribution in [0.1, 0.15) is 40.5 Å². The molecule has 270 valence electrons. The van der Waals surface area contributed by atoms with Crippen molar-refractivity contribution in [2.24, 2.45) is 9.98 Å². The van der Waals surface area contributed by atoms with Crippen molar-refractivity contribution in [3.05, 3.63) is 192 Å². The van der Waals surface area contributed by atoms with Gasteiger partial charge in [0, 0.05) is 70.0 Å². The van der Waals surface area contributed by atoms with Crippen LogP contribution in [0, 0.1) is 0 Å². The zero-order chi connectivity index (χ0) is 37.5. The molecule has 12 rings (SSSR count). The number of thiophene rings is 1. The molecule has 0 amide bonds. The molecule has 1 N–H and O–H groups in total. The summed E-state index contributed by atoms with van der Waals surface area (Å²) in [6.45, 7) is 0. The molecule has 1 atom stereocenters. The lowest BCUT2D eigenvalue weighted by Gasteiger charge is -2.23. The third kappa shape index (κ3) is 5.14. The number of allylic oxidation sites excluding steroid dienone is 1. The van der Waals surface area contributed by atoms with Gasteiger partial charge in [0.25, 0.3) is 0 Å². The van der Waals surface area contributed by atoms with Gasteiger partial charge in [-0.25, -0.2) is 9.98 Å². The van der Waals surface area contributed by atoms with Gasteiger partial charge in [-0.15, -0.1) is 11.3 Å². The second-order valence-corrected chi connectivity index (χ2v) is 15.9. The number of benzene rings is 7. The number of hydrogen-bond acceptors (Lipinski definition) is 5. The Morgan fingerprint density at radius 3 is 2.33 bits per heavy atom. The number of aromatic nitrogens is 1. The van der Waals surface area contributed by atoms with E-state index >= 15 is 0 Å². The van der Waals surface area contributed by atoms with E-state index in [2.05, 4.69) is 143 Å². The summed E-state index contributed by atoms with van der Waals surface area (Å²) in [5.74, 6) is 1.49. The lowest BCUT2D eigenvalue weighted by atomic mass is 9.99. The highest BCUT2D eigenvalue weighted by atomic mass is 32.1. The van der Waals surface area contributed by atoms with Crippen LogP contribution in [0.3, 0.4) is 0 Å². The first-order chi connectivity index (χ1) is 28.2. The monoisotopic (exact) mass is 750 g/mol. The molecule has 3 aromatic heterocycles. The first-order valence-electron chi connectivity index (χ1n) is 19.5. The first-order valence-corrected chi connectivity index (χ1v) is 20.3. The number of aryl methyl sites for hydroxylation is 1. The lowest BCUT2D eigenvalue weighted by molar-refractivity contribution is 0.669. The van der Waals surface area contributed by atoms with Crippen LogP contribution in [0.2, 0.25) is 0 Å². The fourth-order valence-corrected chi connectivity index (χ4v) is 10.1. The molecule has 0 saturated carbocycles. The highest BCUT2D eigenvalue weighted by molar-refractivity contribution is 7.26. The van der Waals surface area contributed by atoms with Gasteiger partial charge in [0.1, 0.15) is 23.2 Å². The summed E-state index contributed by atoms with van der Waals surface area (Å²) in [7, 11) is 0. The summed E-state index contributed by atoms with van der Waals surface area (Å²) in [6, 6.07) is 55.9. The van der Waals surface area contributed by atoms with Gasteiger partial charge in [-0.1, -0.05) is 127 Å². The van der Waals surface area contributed by atoms with Crippen LogP contribution in [0.25, 0.3) is 75.9 Å². The van der Waals surface area contributed by atoms with Crippen molar-refractivity contribution in [1.29, 1.82) is 0 Å². The number of nitrogens with one attached hydrogen (secondary N) is 1. The van der Waals surface area contributed by atoms with Gasteiger partial charge in [-0.2, -0.15) is 0 Å². The standard InChI is InChI=1S/C51H34N4OS/c1-3-13-31(14-4-1)49-52-50(32-15-5-2-6-16-32)54-51(53-49)33-25-28-45-42(29-33)39-20-11-19-38(47(39)56-45)41-22-12-21-40-37-27-26-34(30-46(37)57-48(40)41)55-43-23-9-7-17-35(43)36-18-8-10-24-44(36)55/h1-7,9-17,19-30,49H,8,18H2,(H,52,53,54). The molecule has 2 aliphatic rings. The zero-order valence-electron chi connectivity index (χ0n) is 30.8. The Labute approximate surface area is 332 Å². The molecule has 0 spiro atoms. The normalized spacial score (nSPS) is 15.3. The van der Waals surface area contributed by atoms with Gasteiger partial charge in [0.2, 0.25) is 0 Å². The summed E-state index contributed by atoms with van der Waals surface area (Å²) >= 11 is 1.86. The van der Waals surface area contributed by atoms with Crippen LogP contribution in [-0.2, 0) is 6.42 Å². The number of hydrogen-bond donors (Lipinski definition) is 1. The number of rotatable bonds is 5. The third-order valence-corrected chi connectivity index (χ3v) is 12.7. The fourth-order valence-electron chi connectivity index (χ4n) is 8.88. The van der Waals surface area contributed by atoms with Crippen molar-refractivity contribution in [1.82, 2.24) is 9.88 Å². The van der Waals surface area contributed by atoms with Gasteiger partial charge in [-0.05, 0) is 66.4 Å². The van der Waals surface area contributed by atoms with Crippen molar-refractivity contribution in [3.8, 4) is 16.8 Å². The molecule has 1 unspecified atom stereocenters. The van der Waals surface area contributed by atoms with E-state index in [1.54, 1.807) is 0 Å². The SMILES string of the molecule is C1=Cc2c(c3ccccc3n2-c2ccc3c(c2)sc2c(-c4cccc5c4oc4ccc(C6=NC(c7ccccc7)=NC(c7ccccc7)N6)cc45)cccc23)CC1. The minimum absolute atomic E-state index is 0.264. The molecule has 7 aromatic carbocycles. The number of para-hydroxylation sites is 2. The predicted octanol–water partition coefficient (Wildman–Crippen LogP) is 13.0. The van der Waals surface area contributed by atoms with Crippen LogP contribution >= 0.6 is 11.3 Å². The molecule has 5 nitrogen and oxygen atoms in total. The topological polar surface area (TPSA) is 54.8 Å². The van der Waals surface area contributed by atoms with Crippen LogP contribution in [0.15, 0.2) is 178 Å². The van der Waals surface area contributed by atoms with E-state index in [9.17, 15) is 0 Å². The summed E-state index contributed by atoms with van der Waals surface area (Å²) in [5, 5.41) is 9.65. The molecule has 0 radical (unpaired) electrons. The Hall–Kier alpha value is -7.02.